The first kappa shape index (κ1) is 28.5. The molecule has 2 aromatic heterocycles. The van der Waals surface area contributed by atoms with E-state index in [1.54, 1.807) is 47.7 Å². The number of hydrogen-bond acceptors (Lipinski definition) is 7. The zero-order valence-electron chi connectivity index (χ0n) is 22.9. The number of pyridine rings is 1. The fraction of sp³-hybridized carbons (Fsp3) is 0.276. The number of halogens is 2. The first-order chi connectivity index (χ1) is 19.5. The molecule has 1 aliphatic heterocycles. The number of methoxy groups -OCH3 is 1. The SMILES string of the molecule is COc1cccc2nc(C(=O)N(CCN(C)C)C3CS(=O)(=O)c4c3ccc(Cl)c4C#N)c(-c3ccc(F)c(C)c3)n12. The molecule has 1 atom stereocenters. The van der Waals surface area contributed by atoms with Crippen LogP contribution in [-0.2, 0) is 9.84 Å². The first-order valence-electron chi connectivity index (χ1n) is 12.7. The van der Waals surface area contributed by atoms with E-state index in [4.69, 9.17) is 16.3 Å². The van der Waals surface area contributed by atoms with Gasteiger partial charge in [-0.1, -0.05) is 23.7 Å². The van der Waals surface area contributed by atoms with E-state index in [1.165, 1.54) is 24.1 Å². The van der Waals surface area contributed by atoms with Crippen LogP contribution in [0.2, 0.25) is 5.02 Å². The molecule has 3 heterocycles. The monoisotopic (exact) mass is 595 g/mol. The molecule has 1 unspecified atom stereocenters. The maximum Gasteiger partial charge on any atom is 0.275 e. The highest BCUT2D eigenvalue weighted by Crippen LogP contribution is 2.42. The fourth-order valence-electron chi connectivity index (χ4n) is 5.19. The lowest BCUT2D eigenvalue weighted by Gasteiger charge is -2.30. The minimum absolute atomic E-state index is 0.0306. The second-order valence-corrected chi connectivity index (χ2v) is 12.5. The third-order valence-electron chi connectivity index (χ3n) is 7.17. The highest BCUT2D eigenvalue weighted by atomic mass is 35.5. The largest absolute Gasteiger partial charge is 0.482 e. The van der Waals surface area contributed by atoms with Crippen molar-refractivity contribution in [2.24, 2.45) is 0 Å². The van der Waals surface area contributed by atoms with Gasteiger partial charge in [0.2, 0.25) is 0 Å². The highest BCUT2D eigenvalue weighted by Gasteiger charge is 2.43. The number of fused-ring (bicyclic) bond motifs is 2. The summed E-state index contributed by atoms with van der Waals surface area (Å²) in [6.45, 7) is 2.23. The molecule has 12 heteroatoms. The quantitative estimate of drug-likeness (QED) is 0.309. The molecule has 0 saturated heterocycles. The van der Waals surface area contributed by atoms with Crippen molar-refractivity contribution in [1.82, 2.24) is 19.2 Å². The van der Waals surface area contributed by atoms with Gasteiger partial charge >= 0.3 is 0 Å². The molecule has 212 valence electrons. The van der Waals surface area contributed by atoms with E-state index in [0.717, 1.165) is 0 Å². The Morgan fingerprint density at radius 2 is 1.98 bits per heavy atom. The molecule has 2 aromatic carbocycles. The van der Waals surface area contributed by atoms with E-state index >= 15 is 0 Å². The summed E-state index contributed by atoms with van der Waals surface area (Å²) in [5, 5.41) is 9.73. The molecule has 0 saturated carbocycles. The zero-order valence-corrected chi connectivity index (χ0v) is 24.4. The summed E-state index contributed by atoms with van der Waals surface area (Å²) >= 11 is 6.18. The number of imidazole rings is 1. The summed E-state index contributed by atoms with van der Waals surface area (Å²) in [7, 11) is 1.26. The van der Waals surface area contributed by atoms with Crippen LogP contribution >= 0.6 is 11.6 Å². The number of likely N-dealkylation sites (N-methyl/N-ethyl adjacent to an activating group) is 1. The molecule has 0 aliphatic carbocycles. The summed E-state index contributed by atoms with van der Waals surface area (Å²) in [5.74, 6) is -0.906. The van der Waals surface area contributed by atoms with Crippen LogP contribution in [0, 0.1) is 24.1 Å². The summed E-state index contributed by atoms with van der Waals surface area (Å²) in [6.07, 6.45) is 0. The lowest BCUT2D eigenvalue weighted by molar-refractivity contribution is 0.0677. The molecule has 0 fully saturated rings. The molecule has 41 heavy (non-hydrogen) atoms. The van der Waals surface area contributed by atoms with Crippen molar-refractivity contribution >= 4 is 33.0 Å². The van der Waals surface area contributed by atoms with Gasteiger partial charge in [0.25, 0.3) is 5.91 Å². The van der Waals surface area contributed by atoms with E-state index in [1.807, 2.05) is 25.1 Å². The topological polar surface area (TPSA) is 108 Å². The third-order valence-corrected chi connectivity index (χ3v) is 9.30. The number of nitriles is 1. The molecule has 1 amide bonds. The summed E-state index contributed by atoms with van der Waals surface area (Å²) in [4.78, 5) is 22.4. The van der Waals surface area contributed by atoms with Crippen LogP contribution in [0.5, 0.6) is 5.88 Å². The van der Waals surface area contributed by atoms with Gasteiger partial charge in [0, 0.05) is 18.7 Å². The molecule has 5 rings (SSSR count). The summed E-state index contributed by atoms with van der Waals surface area (Å²) in [6, 6.07) is 13.8. The second-order valence-electron chi connectivity index (χ2n) is 10.1. The Labute approximate surface area is 242 Å². The van der Waals surface area contributed by atoms with Gasteiger partial charge in [-0.05, 0) is 68.5 Å². The Balaban J connectivity index is 1.74. The number of carbonyl (C=O) groups excluding carboxylic acids is 1. The lowest BCUT2D eigenvalue weighted by atomic mass is 10.0. The van der Waals surface area contributed by atoms with E-state index < -0.39 is 33.4 Å². The van der Waals surface area contributed by atoms with Gasteiger partial charge < -0.3 is 14.5 Å². The number of aryl methyl sites for hydroxylation is 1. The summed E-state index contributed by atoms with van der Waals surface area (Å²) < 4.78 is 48.2. The minimum Gasteiger partial charge on any atom is -0.482 e. The Bertz CT molecular complexity index is 1850. The van der Waals surface area contributed by atoms with Gasteiger partial charge in [-0.25, -0.2) is 17.8 Å². The van der Waals surface area contributed by atoms with E-state index in [9.17, 15) is 22.9 Å². The van der Waals surface area contributed by atoms with Crippen molar-refractivity contribution in [2.75, 3.05) is 40.0 Å². The van der Waals surface area contributed by atoms with Gasteiger partial charge in [0.1, 0.15) is 17.5 Å². The van der Waals surface area contributed by atoms with Crippen molar-refractivity contribution < 1.29 is 22.3 Å². The van der Waals surface area contributed by atoms with Gasteiger partial charge in [0.05, 0.1) is 40.1 Å². The number of nitrogens with zero attached hydrogens (tertiary/aromatic N) is 5. The predicted molar refractivity (Wildman–Crippen MR) is 152 cm³/mol. The van der Waals surface area contributed by atoms with Gasteiger partial charge in [-0.15, -0.1) is 0 Å². The number of sulfone groups is 1. The Morgan fingerprint density at radius 1 is 1.22 bits per heavy atom. The number of benzene rings is 2. The number of amides is 1. The maximum atomic E-state index is 14.5. The smallest absolute Gasteiger partial charge is 0.275 e. The molecule has 0 spiro atoms. The van der Waals surface area contributed by atoms with Gasteiger partial charge in [0.15, 0.2) is 21.4 Å². The number of hydrogen-bond donors (Lipinski definition) is 0. The van der Waals surface area contributed by atoms with Crippen LogP contribution in [-0.4, -0.2) is 73.6 Å². The molecule has 0 N–H and O–H groups in total. The van der Waals surface area contributed by atoms with Gasteiger partial charge in [-0.2, -0.15) is 5.26 Å². The number of carbonyl (C=O) groups is 1. The fourth-order valence-corrected chi connectivity index (χ4v) is 7.42. The Kier molecular flexibility index (Phi) is 7.50. The molecule has 1 aliphatic rings. The molecule has 0 bridgehead atoms. The zero-order chi connectivity index (χ0) is 29.6. The van der Waals surface area contributed by atoms with E-state index in [0.29, 0.717) is 40.5 Å². The summed E-state index contributed by atoms with van der Waals surface area (Å²) in [5.41, 5.74) is 1.98. The first-order valence-corrected chi connectivity index (χ1v) is 14.7. The number of rotatable bonds is 7. The Hall–Kier alpha value is -3.98. The maximum absolute atomic E-state index is 14.5. The third kappa shape index (κ3) is 4.92. The number of aromatic nitrogens is 2. The van der Waals surface area contributed by atoms with Crippen LogP contribution < -0.4 is 4.74 Å². The van der Waals surface area contributed by atoms with Crippen molar-refractivity contribution in [3.8, 4) is 23.2 Å². The minimum atomic E-state index is -3.93. The van der Waals surface area contributed by atoms with Crippen molar-refractivity contribution in [3.63, 3.8) is 0 Å². The molecule has 9 nitrogen and oxygen atoms in total. The van der Waals surface area contributed by atoms with Crippen LogP contribution in [0.4, 0.5) is 4.39 Å². The standard InChI is InChI=1S/C29H27ClFN5O4S/c1-17-14-18(8-11-22(17)31)27-26(33-24-6-5-7-25(40-4)36(24)27)29(37)35(13-12-34(2)3)23-16-41(38,39)28-19(23)9-10-21(30)20(28)15-32/h5-11,14,23H,12-13,16H2,1-4H3. The predicted octanol–water partition coefficient (Wildman–Crippen LogP) is 4.51. The Morgan fingerprint density at radius 3 is 2.63 bits per heavy atom. The van der Waals surface area contributed by atoms with Crippen molar-refractivity contribution in [3.05, 3.63) is 81.8 Å². The second kappa shape index (κ2) is 10.8. The van der Waals surface area contributed by atoms with Crippen LogP contribution in [0.3, 0.4) is 0 Å². The average Bonchev–Trinajstić information content (AvgIpc) is 3.45. The van der Waals surface area contributed by atoms with Crippen molar-refractivity contribution in [2.45, 2.75) is 17.9 Å². The highest BCUT2D eigenvalue weighted by molar-refractivity contribution is 7.91. The van der Waals surface area contributed by atoms with Crippen LogP contribution in [0.25, 0.3) is 16.9 Å². The van der Waals surface area contributed by atoms with Crippen LogP contribution in [0.15, 0.2) is 53.4 Å². The average molecular weight is 596 g/mol. The van der Waals surface area contributed by atoms with Gasteiger partial charge in [-0.3, -0.25) is 9.20 Å². The van der Waals surface area contributed by atoms with Crippen LogP contribution in [0.1, 0.15) is 33.2 Å². The molecular formula is C29H27ClFN5O4S. The molecular weight excluding hydrogens is 569 g/mol. The number of ether oxygens (including phenoxy) is 1. The molecule has 0 radical (unpaired) electrons. The lowest BCUT2D eigenvalue weighted by Crippen LogP contribution is -2.40. The van der Waals surface area contributed by atoms with E-state index in [-0.39, 0.29) is 27.7 Å². The molecule has 4 aromatic rings. The van der Waals surface area contributed by atoms with Crippen molar-refractivity contribution in [1.29, 1.82) is 5.26 Å². The normalized spacial score (nSPS) is 15.6. The van der Waals surface area contributed by atoms with E-state index in [2.05, 4.69) is 4.98 Å².